The molecule has 0 aliphatic rings. The molecular formula is C14H13BF2O3. The molecule has 0 saturated heterocycles. The Morgan fingerprint density at radius 2 is 1.70 bits per heavy atom. The van der Waals surface area contributed by atoms with Gasteiger partial charge in [0.1, 0.15) is 24.0 Å². The second-order valence-corrected chi connectivity index (χ2v) is 4.42. The molecule has 6 heteroatoms. The second-order valence-electron chi connectivity index (χ2n) is 4.42. The Hall–Kier alpha value is -1.92. The zero-order valence-corrected chi connectivity index (χ0v) is 10.8. The largest absolute Gasteiger partial charge is 0.492 e. The number of halogens is 2. The van der Waals surface area contributed by atoms with Gasteiger partial charge in [-0.1, -0.05) is 6.07 Å². The SMILES string of the molecule is Cc1ccc(F)cc1COc1ccc(F)cc1B(O)O. The van der Waals surface area contributed by atoms with Crippen molar-refractivity contribution in [2.24, 2.45) is 0 Å². The Kier molecular flexibility index (Phi) is 4.37. The molecule has 2 N–H and O–H groups in total. The van der Waals surface area contributed by atoms with Crippen molar-refractivity contribution in [2.75, 3.05) is 0 Å². The molecule has 2 aromatic carbocycles. The van der Waals surface area contributed by atoms with E-state index < -0.39 is 12.9 Å². The average Bonchev–Trinajstić information content (AvgIpc) is 2.40. The van der Waals surface area contributed by atoms with E-state index in [1.165, 1.54) is 18.2 Å². The Balaban J connectivity index is 2.20. The van der Waals surface area contributed by atoms with Gasteiger partial charge >= 0.3 is 7.12 Å². The summed E-state index contributed by atoms with van der Waals surface area (Å²) in [4.78, 5) is 0. The van der Waals surface area contributed by atoms with Crippen molar-refractivity contribution in [2.45, 2.75) is 13.5 Å². The van der Waals surface area contributed by atoms with Crippen LogP contribution in [0.3, 0.4) is 0 Å². The fraction of sp³-hybridized carbons (Fsp3) is 0.143. The van der Waals surface area contributed by atoms with Crippen LogP contribution >= 0.6 is 0 Å². The van der Waals surface area contributed by atoms with Crippen LogP contribution in [0.1, 0.15) is 11.1 Å². The van der Waals surface area contributed by atoms with Crippen LogP contribution in [-0.4, -0.2) is 17.2 Å². The summed E-state index contributed by atoms with van der Waals surface area (Å²) in [5, 5.41) is 18.3. The molecule has 104 valence electrons. The lowest BCUT2D eigenvalue weighted by Gasteiger charge is -2.12. The van der Waals surface area contributed by atoms with E-state index in [0.717, 1.165) is 17.7 Å². The summed E-state index contributed by atoms with van der Waals surface area (Å²) in [6.45, 7) is 1.86. The number of rotatable bonds is 4. The zero-order valence-electron chi connectivity index (χ0n) is 10.8. The van der Waals surface area contributed by atoms with E-state index in [4.69, 9.17) is 4.74 Å². The molecule has 0 amide bonds. The standard InChI is InChI=1S/C14H13BF2O3/c1-9-2-3-11(16)6-10(9)8-20-14-5-4-12(17)7-13(14)15(18)19/h2-7,18-19H,8H2,1H3. The maximum Gasteiger partial charge on any atom is 0.492 e. The van der Waals surface area contributed by atoms with Crippen molar-refractivity contribution >= 4 is 12.6 Å². The lowest BCUT2D eigenvalue weighted by molar-refractivity contribution is 0.305. The topological polar surface area (TPSA) is 49.7 Å². The molecule has 2 rings (SSSR count). The minimum absolute atomic E-state index is 0.0505. The smallest absolute Gasteiger partial charge is 0.489 e. The van der Waals surface area contributed by atoms with Crippen molar-refractivity contribution in [3.05, 3.63) is 59.2 Å². The highest BCUT2D eigenvalue weighted by atomic mass is 19.1. The number of aryl methyl sites for hydroxylation is 1. The molecule has 0 aromatic heterocycles. The first-order valence-corrected chi connectivity index (χ1v) is 6.01. The fourth-order valence-corrected chi connectivity index (χ4v) is 1.80. The summed E-state index contributed by atoms with van der Waals surface area (Å²) in [5.41, 5.74) is 1.41. The lowest BCUT2D eigenvalue weighted by atomic mass is 9.79. The van der Waals surface area contributed by atoms with Gasteiger partial charge in [0.05, 0.1) is 0 Å². The molecule has 0 aliphatic carbocycles. The van der Waals surface area contributed by atoms with E-state index in [1.54, 1.807) is 6.07 Å². The van der Waals surface area contributed by atoms with Crippen molar-refractivity contribution in [3.8, 4) is 5.75 Å². The number of hydrogen-bond donors (Lipinski definition) is 2. The monoisotopic (exact) mass is 278 g/mol. The molecule has 0 radical (unpaired) electrons. The average molecular weight is 278 g/mol. The van der Waals surface area contributed by atoms with Crippen LogP contribution in [0.2, 0.25) is 0 Å². The third-order valence-corrected chi connectivity index (χ3v) is 2.94. The Labute approximate surface area is 115 Å². The van der Waals surface area contributed by atoms with E-state index in [2.05, 4.69) is 0 Å². The van der Waals surface area contributed by atoms with E-state index >= 15 is 0 Å². The van der Waals surface area contributed by atoms with Crippen molar-refractivity contribution < 1.29 is 23.6 Å². The molecule has 0 heterocycles. The molecule has 0 unspecified atom stereocenters. The van der Waals surface area contributed by atoms with Crippen LogP contribution in [0.25, 0.3) is 0 Å². The summed E-state index contributed by atoms with van der Waals surface area (Å²) < 4.78 is 31.6. The summed E-state index contributed by atoms with van der Waals surface area (Å²) >= 11 is 0. The highest BCUT2D eigenvalue weighted by molar-refractivity contribution is 6.59. The minimum Gasteiger partial charge on any atom is -0.489 e. The predicted octanol–water partition coefficient (Wildman–Crippen LogP) is 1.53. The molecule has 20 heavy (non-hydrogen) atoms. The van der Waals surface area contributed by atoms with E-state index in [0.29, 0.717) is 5.56 Å². The minimum atomic E-state index is -1.84. The summed E-state index contributed by atoms with van der Waals surface area (Å²) in [5.74, 6) is -0.830. The van der Waals surface area contributed by atoms with Crippen molar-refractivity contribution in [1.82, 2.24) is 0 Å². The third kappa shape index (κ3) is 3.34. The maximum atomic E-state index is 13.1. The summed E-state index contributed by atoms with van der Waals surface area (Å²) in [6, 6.07) is 7.75. The van der Waals surface area contributed by atoms with Crippen LogP contribution in [0.4, 0.5) is 8.78 Å². The lowest BCUT2D eigenvalue weighted by Crippen LogP contribution is -2.31. The second kappa shape index (κ2) is 6.03. The van der Waals surface area contributed by atoms with Crippen molar-refractivity contribution in [3.63, 3.8) is 0 Å². The highest BCUT2D eigenvalue weighted by Gasteiger charge is 2.18. The molecule has 3 nitrogen and oxygen atoms in total. The van der Waals surface area contributed by atoms with Crippen LogP contribution in [0, 0.1) is 18.6 Å². The Morgan fingerprint density at radius 3 is 2.40 bits per heavy atom. The fourth-order valence-electron chi connectivity index (χ4n) is 1.80. The van der Waals surface area contributed by atoms with Gasteiger partial charge in [0.15, 0.2) is 0 Å². The van der Waals surface area contributed by atoms with Crippen LogP contribution in [-0.2, 0) is 6.61 Å². The van der Waals surface area contributed by atoms with Crippen LogP contribution in [0.15, 0.2) is 36.4 Å². The molecule has 0 aliphatic heterocycles. The predicted molar refractivity (Wildman–Crippen MR) is 71.7 cm³/mol. The molecular weight excluding hydrogens is 265 g/mol. The Morgan fingerprint density at radius 1 is 1.05 bits per heavy atom. The number of hydrogen-bond acceptors (Lipinski definition) is 3. The van der Waals surface area contributed by atoms with E-state index in [9.17, 15) is 18.8 Å². The van der Waals surface area contributed by atoms with Gasteiger partial charge in [-0.05, 0) is 48.4 Å². The third-order valence-electron chi connectivity index (χ3n) is 2.94. The molecule has 0 saturated carbocycles. The van der Waals surface area contributed by atoms with Crippen LogP contribution in [0.5, 0.6) is 5.75 Å². The van der Waals surface area contributed by atoms with Gasteiger partial charge in [-0.3, -0.25) is 0 Å². The van der Waals surface area contributed by atoms with Gasteiger partial charge < -0.3 is 14.8 Å². The molecule has 0 fully saturated rings. The first-order valence-electron chi connectivity index (χ1n) is 6.01. The van der Waals surface area contributed by atoms with Gasteiger partial charge in [-0.2, -0.15) is 0 Å². The van der Waals surface area contributed by atoms with Gasteiger partial charge in [0, 0.05) is 5.46 Å². The first kappa shape index (κ1) is 14.5. The van der Waals surface area contributed by atoms with Gasteiger partial charge in [0.25, 0.3) is 0 Å². The van der Waals surface area contributed by atoms with E-state index in [1.807, 2.05) is 6.92 Å². The zero-order chi connectivity index (χ0) is 14.7. The summed E-state index contributed by atoms with van der Waals surface area (Å²) in [6.07, 6.45) is 0. The normalized spacial score (nSPS) is 10.4. The van der Waals surface area contributed by atoms with Gasteiger partial charge in [-0.15, -0.1) is 0 Å². The molecule has 2 aromatic rings. The molecule has 0 spiro atoms. The molecule has 0 bridgehead atoms. The van der Waals surface area contributed by atoms with Crippen LogP contribution < -0.4 is 10.2 Å². The number of benzene rings is 2. The Bertz CT molecular complexity index is 617. The molecule has 0 atom stereocenters. The summed E-state index contributed by atoms with van der Waals surface area (Å²) in [7, 11) is -1.84. The van der Waals surface area contributed by atoms with Gasteiger partial charge in [-0.25, -0.2) is 8.78 Å². The number of ether oxygens (including phenoxy) is 1. The maximum absolute atomic E-state index is 13.1. The van der Waals surface area contributed by atoms with Crippen molar-refractivity contribution in [1.29, 1.82) is 0 Å². The van der Waals surface area contributed by atoms with E-state index in [-0.39, 0.29) is 23.6 Å². The quantitative estimate of drug-likeness (QED) is 0.834. The van der Waals surface area contributed by atoms with Gasteiger partial charge in [0.2, 0.25) is 0 Å². The highest BCUT2D eigenvalue weighted by Crippen LogP contribution is 2.15. The first-order chi connectivity index (χ1) is 9.47.